The van der Waals surface area contributed by atoms with Crippen molar-refractivity contribution in [3.8, 4) is 11.4 Å². The van der Waals surface area contributed by atoms with E-state index in [-0.39, 0.29) is 29.8 Å². The van der Waals surface area contributed by atoms with Crippen LogP contribution in [0.1, 0.15) is 23.2 Å². The molecule has 1 fully saturated rings. The molecule has 1 aromatic carbocycles. The lowest BCUT2D eigenvalue weighted by molar-refractivity contribution is -0.159. The Kier molecular flexibility index (Phi) is 4.67. The molecule has 1 amide bonds. The second kappa shape index (κ2) is 6.65. The molecule has 0 radical (unpaired) electrons. The van der Waals surface area contributed by atoms with Crippen molar-refractivity contribution in [2.75, 3.05) is 13.7 Å². The molecule has 26 heavy (non-hydrogen) atoms. The van der Waals surface area contributed by atoms with Gasteiger partial charge in [-0.1, -0.05) is 11.2 Å². The van der Waals surface area contributed by atoms with Gasteiger partial charge in [0.1, 0.15) is 5.82 Å². The molecule has 2 aromatic rings. The lowest BCUT2D eigenvalue weighted by Gasteiger charge is -2.06. The van der Waals surface area contributed by atoms with Crippen LogP contribution >= 0.6 is 0 Å². The van der Waals surface area contributed by atoms with E-state index in [2.05, 4.69) is 20.0 Å². The lowest BCUT2D eigenvalue weighted by atomic mass is 10.1. The third-order valence-electron chi connectivity index (χ3n) is 4.02. The van der Waals surface area contributed by atoms with Gasteiger partial charge in [0.25, 0.3) is 5.91 Å². The molecular formula is C15H14F4N4O3. The molecule has 1 saturated heterocycles. The summed E-state index contributed by atoms with van der Waals surface area (Å²) in [6.07, 6.45) is -4.79. The van der Waals surface area contributed by atoms with Gasteiger partial charge in [-0.05, 0) is 19.1 Å². The van der Waals surface area contributed by atoms with Crippen LogP contribution in [-0.2, 0) is 11.0 Å². The Morgan fingerprint density at radius 3 is 2.69 bits per heavy atom. The van der Waals surface area contributed by atoms with Gasteiger partial charge in [0.15, 0.2) is 0 Å². The van der Waals surface area contributed by atoms with E-state index in [1.807, 2.05) is 6.92 Å². The summed E-state index contributed by atoms with van der Waals surface area (Å²) in [7, 11) is 1.51. The normalized spacial score (nSPS) is 22.3. The van der Waals surface area contributed by atoms with Gasteiger partial charge in [-0.25, -0.2) is 4.39 Å². The molecule has 0 spiro atoms. The number of aromatic nitrogens is 2. The number of nitrogens with zero attached hydrogens (tertiary/aromatic N) is 3. The van der Waals surface area contributed by atoms with Crippen molar-refractivity contribution < 1.29 is 31.7 Å². The zero-order chi connectivity index (χ0) is 19.1. The Labute approximate surface area is 144 Å². The van der Waals surface area contributed by atoms with Crippen molar-refractivity contribution in [2.45, 2.75) is 25.2 Å². The summed E-state index contributed by atoms with van der Waals surface area (Å²) in [5, 5.41) is 7.42. The van der Waals surface area contributed by atoms with Crippen molar-refractivity contribution in [2.24, 2.45) is 0 Å². The van der Waals surface area contributed by atoms with Gasteiger partial charge < -0.3 is 14.7 Å². The second-order valence-corrected chi connectivity index (χ2v) is 5.68. The first-order chi connectivity index (χ1) is 12.2. The molecule has 3 rings (SSSR count). The van der Waals surface area contributed by atoms with Gasteiger partial charge in [-0.3, -0.25) is 4.79 Å². The second-order valence-electron chi connectivity index (χ2n) is 5.68. The van der Waals surface area contributed by atoms with E-state index in [0.717, 1.165) is 12.1 Å². The summed E-state index contributed by atoms with van der Waals surface area (Å²) < 4.78 is 55.7. The predicted octanol–water partition coefficient (Wildman–Crippen LogP) is 2.26. The molecule has 0 saturated carbocycles. The Hall–Kier alpha value is -2.53. The predicted molar refractivity (Wildman–Crippen MR) is 79.1 cm³/mol. The molecule has 0 aliphatic carbocycles. The van der Waals surface area contributed by atoms with E-state index in [4.69, 9.17) is 4.84 Å². The van der Waals surface area contributed by atoms with E-state index >= 15 is 0 Å². The molecule has 11 heteroatoms. The first-order valence-corrected chi connectivity index (χ1v) is 7.54. The third kappa shape index (κ3) is 3.53. The number of benzene rings is 1. The van der Waals surface area contributed by atoms with Crippen LogP contribution in [0.15, 0.2) is 22.7 Å². The third-order valence-corrected chi connectivity index (χ3v) is 4.02. The fourth-order valence-corrected chi connectivity index (χ4v) is 2.53. The lowest BCUT2D eigenvalue weighted by Crippen LogP contribution is -2.29. The van der Waals surface area contributed by atoms with Crippen molar-refractivity contribution in [1.29, 1.82) is 0 Å². The average Bonchev–Trinajstić information content (AvgIpc) is 2.97. The highest BCUT2D eigenvalue weighted by molar-refractivity contribution is 5.94. The van der Waals surface area contributed by atoms with Crippen molar-refractivity contribution in [1.82, 2.24) is 20.5 Å². The van der Waals surface area contributed by atoms with Gasteiger partial charge in [0, 0.05) is 12.1 Å². The smallest absolute Gasteiger partial charge is 0.350 e. The summed E-state index contributed by atoms with van der Waals surface area (Å²) in [5.41, 5.74) is -0.287. The topological polar surface area (TPSA) is 80.3 Å². The minimum absolute atomic E-state index is 0.00593. The van der Waals surface area contributed by atoms with Crippen LogP contribution in [-0.4, -0.2) is 46.8 Å². The molecule has 2 heterocycles. The van der Waals surface area contributed by atoms with E-state index in [1.165, 1.54) is 13.2 Å². The van der Waals surface area contributed by atoms with Crippen LogP contribution in [0.5, 0.6) is 0 Å². The zero-order valence-corrected chi connectivity index (χ0v) is 13.7. The van der Waals surface area contributed by atoms with E-state index in [9.17, 15) is 22.4 Å². The molecule has 0 bridgehead atoms. The molecule has 7 nitrogen and oxygen atoms in total. The molecule has 3 atom stereocenters. The summed E-state index contributed by atoms with van der Waals surface area (Å²) in [4.78, 5) is 20.3. The Morgan fingerprint density at radius 2 is 2.15 bits per heavy atom. The van der Waals surface area contributed by atoms with Gasteiger partial charge >= 0.3 is 12.1 Å². The maximum absolute atomic E-state index is 14.2. The maximum atomic E-state index is 14.2. The standard InChI is InChI=1S/C15H14F4N4O3/c1-7-11(23(7)25-2)6-20-13(24)9-4-3-8(5-10(9)16)12-21-14(26-22-12)15(17,18)19/h3-5,7,11H,6H2,1-2H3,(H,20,24). The van der Waals surface area contributed by atoms with Crippen LogP contribution in [0.3, 0.4) is 0 Å². The number of hydrogen-bond donors (Lipinski definition) is 1. The van der Waals surface area contributed by atoms with E-state index < -0.39 is 29.6 Å². The monoisotopic (exact) mass is 374 g/mol. The summed E-state index contributed by atoms with van der Waals surface area (Å²) >= 11 is 0. The van der Waals surface area contributed by atoms with Crippen molar-refractivity contribution >= 4 is 5.91 Å². The number of hydrogen-bond acceptors (Lipinski definition) is 6. The van der Waals surface area contributed by atoms with E-state index in [0.29, 0.717) is 0 Å². The number of nitrogens with one attached hydrogen (secondary N) is 1. The minimum atomic E-state index is -4.79. The van der Waals surface area contributed by atoms with Gasteiger partial charge in [0.05, 0.1) is 24.8 Å². The summed E-state index contributed by atoms with van der Waals surface area (Å²) in [6.45, 7) is 2.19. The summed E-state index contributed by atoms with van der Waals surface area (Å²) in [5.74, 6) is -3.51. The molecule has 1 aliphatic heterocycles. The van der Waals surface area contributed by atoms with Gasteiger partial charge in [0.2, 0.25) is 5.82 Å². The first-order valence-electron chi connectivity index (χ1n) is 7.54. The molecule has 140 valence electrons. The highest BCUT2D eigenvalue weighted by atomic mass is 19.4. The van der Waals surface area contributed by atoms with Crippen LogP contribution in [0.25, 0.3) is 11.4 Å². The van der Waals surface area contributed by atoms with Gasteiger partial charge in [-0.15, -0.1) is 0 Å². The Bertz CT molecular complexity index is 823. The fraction of sp³-hybridized carbons (Fsp3) is 0.400. The number of carbonyl (C=O) groups excluding carboxylic acids is 1. The van der Waals surface area contributed by atoms with Crippen molar-refractivity contribution in [3.63, 3.8) is 0 Å². The van der Waals surface area contributed by atoms with Crippen LogP contribution in [0, 0.1) is 5.82 Å². The SMILES string of the molecule is CON1C(C)C1CNC(=O)c1ccc(-c2noc(C(F)(F)F)n2)cc1F. The number of hydroxylamine groups is 2. The molecular weight excluding hydrogens is 360 g/mol. The van der Waals surface area contributed by atoms with Crippen molar-refractivity contribution in [3.05, 3.63) is 35.5 Å². The Balaban J connectivity index is 1.69. The fourth-order valence-electron chi connectivity index (χ4n) is 2.53. The largest absolute Gasteiger partial charge is 0.471 e. The molecule has 3 unspecified atom stereocenters. The number of halogens is 4. The highest BCUT2D eigenvalue weighted by Gasteiger charge is 2.45. The number of alkyl halides is 3. The average molecular weight is 374 g/mol. The summed E-state index contributed by atoms with van der Waals surface area (Å²) in [6, 6.07) is 3.42. The first kappa shape index (κ1) is 18.3. The zero-order valence-electron chi connectivity index (χ0n) is 13.7. The Morgan fingerprint density at radius 1 is 1.42 bits per heavy atom. The maximum Gasteiger partial charge on any atom is 0.471 e. The quantitative estimate of drug-likeness (QED) is 0.639. The number of rotatable bonds is 5. The number of carbonyl (C=O) groups is 1. The minimum Gasteiger partial charge on any atom is -0.350 e. The molecule has 1 aromatic heterocycles. The highest BCUT2D eigenvalue weighted by Crippen LogP contribution is 2.30. The van der Waals surface area contributed by atoms with Crippen LogP contribution in [0.4, 0.5) is 17.6 Å². The van der Waals surface area contributed by atoms with Crippen LogP contribution < -0.4 is 5.32 Å². The van der Waals surface area contributed by atoms with E-state index in [1.54, 1.807) is 5.06 Å². The van der Waals surface area contributed by atoms with Gasteiger partial charge in [-0.2, -0.15) is 23.2 Å². The number of amides is 1. The van der Waals surface area contributed by atoms with Crippen LogP contribution in [0.2, 0.25) is 0 Å². The molecule has 1 N–H and O–H groups in total. The molecule has 1 aliphatic rings.